The third-order valence-corrected chi connectivity index (χ3v) is 4.53. The normalized spacial score (nSPS) is 14.7. The summed E-state index contributed by atoms with van der Waals surface area (Å²) in [6, 6.07) is 11.9. The van der Waals surface area contributed by atoms with Crippen molar-refractivity contribution in [2.75, 3.05) is 18.2 Å². The van der Waals surface area contributed by atoms with Crippen LogP contribution in [0, 0.1) is 0 Å². The fourth-order valence-corrected chi connectivity index (χ4v) is 3.26. The topological polar surface area (TPSA) is 94.2 Å². The van der Waals surface area contributed by atoms with Gasteiger partial charge >= 0.3 is 5.97 Å². The number of benzene rings is 2. The number of rotatable bonds is 8. The van der Waals surface area contributed by atoms with E-state index in [1.807, 2.05) is 6.07 Å². The highest BCUT2D eigenvalue weighted by atomic mass is 35.5. The van der Waals surface area contributed by atoms with Crippen molar-refractivity contribution >= 4 is 41.1 Å². The molecule has 1 saturated heterocycles. The summed E-state index contributed by atoms with van der Waals surface area (Å²) in [4.78, 5) is 37.0. The first kappa shape index (κ1) is 23.1. The Labute approximate surface area is 190 Å². The molecule has 1 aliphatic rings. The Hall–Kier alpha value is -3.52. The number of hydrogen-bond donors (Lipinski definition) is 1. The van der Waals surface area contributed by atoms with E-state index >= 15 is 0 Å². The molecular weight excluding hydrogens is 436 g/mol. The lowest BCUT2D eigenvalue weighted by atomic mass is 10.1. The van der Waals surface area contributed by atoms with Gasteiger partial charge in [0, 0.05) is 0 Å². The van der Waals surface area contributed by atoms with Crippen LogP contribution in [0.4, 0.5) is 5.69 Å². The van der Waals surface area contributed by atoms with Crippen molar-refractivity contribution in [2.45, 2.75) is 26.9 Å². The van der Waals surface area contributed by atoms with Gasteiger partial charge in [0.1, 0.15) is 5.57 Å². The van der Waals surface area contributed by atoms with Gasteiger partial charge in [0.2, 0.25) is 0 Å². The lowest BCUT2D eigenvalue weighted by Crippen LogP contribution is -2.35. The number of nitrogens with one attached hydrogen (secondary N) is 1. The summed E-state index contributed by atoms with van der Waals surface area (Å²) < 4.78 is 16.2. The molecule has 168 valence electrons. The molecule has 0 unspecified atom stereocenters. The number of halogens is 1. The van der Waals surface area contributed by atoms with Crippen LogP contribution in [0.3, 0.4) is 0 Å². The molecule has 1 N–H and O–H groups in total. The zero-order chi connectivity index (χ0) is 23.3. The second-order valence-corrected chi connectivity index (χ2v) is 7.47. The van der Waals surface area contributed by atoms with Crippen molar-refractivity contribution in [3.63, 3.8) is 0 Å². The van der Waals surface area contributed by atoms with Crippen LogP contribution in [0.1, 0.15) is 26.3 Å². The minimum absolute atomic E-state index is 0.0541. The van der Waals surface area contributed by atoms with E-state index in [0.29, 0.717) is 17.9 Å². The maximum absolute atomic E-state index is 12.8. The van der Waals surface area contributed by atoms with Gasteiger partial charge in [0.05, 0.1) is 23.4 Å². The molecule has 2 aromatic rings. The fourth-order valence-electron chi connectivity index (χ4n) is 2.99. The van der Waals surface area contributed by atoms with Crippen molar-refractivity contribution in [3.05, 3.63) is 58.6 Å². The largest absolute Gasteiger partial charge is 0.490 e. The van der Waals surface area contributed by atoms with Gasteiger partial charge in [-0.25, -0.2) is 9.80 Å². The second-order valence-electron chi connectivity index (χ2n) is 7.07. The standard InChI is InChI=1S/C23H23ClN2O6/c1-4-30-19-12-15(11-18(24)21(19)31-13-20(27)32-14(2)3)10-17-22(28)25-26(23(17)29)16-8-6-5-7-9-16/h5-12,14H,4,13H2,1-3H3,(H,25,28)/b17-10-. The van der Waals surface area contributed by atoms with Crippen molar-refractivity contribution in [3.8, 4) is 11.5 Å². The Kier molecular flexibility index (Phi) is 7.37. The number of anilines is 1. The lowest BCUT2D eigenvalue weighted by molar-refractivity contribution is -0.149. The third kappa shape index (κ3) is 5.39. The monoisotopic (exact) mass is 458 g/mol. The van der Waals surface area contributed by atoms with Crippen LogP contribution < -0.4 is 19.9 Å². The molecule has 0 atom stereocenters. The predicted octanol–water partition coefficient (Wildman–Crippen LogP) is 3.53. The molecule has 0 aromatic heterocycles. The molecule has 2 aromatic carbocycles. The number of carbonyl (C=O) groups is 3. The smallest absolute Gasteiger partial charge is 0.344 e. The Balaban J connectivity index is 1.86. The number of para-hydroxylation sites is 1. The quantitative estimate of drug-likeness (QED) is 0.369. The molecule has 1 fully saturated rings. The summed E-state index contributed by atoms with van der Waals surface area (Å²) in [6.07, 6.45) is 1.15. The van der Waals surface area contributed by atoms with E-state index in [9.17, 15) is 14.4 Å². The van der Waals surface area contributed by atoms with Crippen molar-refractivity contribution in [2.24, 2.45) is 0 Å². The summed E-state index contributed by atoms with van der Waals surface area (Å²) in [5.41, 5.74) is 3.49. The molecule has 32 heavy (non-hydrogen) atoms. The first-order valence-electron chi connectivity index (χ1n) is 10.0. The summed E-state index contributed by atoms with van der Waals surface area (Å²) >= 11 is 6.36. The van der Waals surface area contributed by atoms with E-state index in [2.05, 4.69) is 5.43 Å². The molecule has 8 nitrogen and oxygen atoms in total. The van der Waals surface area contributed by atoms with Crippen molar-refractivity contribution in [1.82, 2.24) is 5.43 Å². The number of carbonyl (C=O) groups excluding carboxylic acids is 3. The van der Waals surface area contributed by atoms with Crippen LogP contribution in [0.25, 0.3) is 6.08 Å². The van der Waals surface area contributed by atoms with E-state index in [1.54, 1.807) is 51.1 Å². The summed E-state index contributed by atoms with van der Waals surface area (Å²) in [6.45, 7) is 5.22. The Morgan fingerprint density at radius 1 is 1.16 bits per heavy atom. The first-order chi connectivity index (χ1) is 15.3. The van der Waals surface area contributed by atoms with Crippen LogP contribution in [-0.2, 0) is 19.1 Å². The van der Waals surface area contributed by atoms with Gasteiger partial charge in [-0.2, -0.15) is 0 Å². The third-order valence-electron chi connectivity index (χ3n) is 4.25. The van der Waals surface area contributed by atoms with Crippen LogP contribution in [-0.4, -0.2) is 37.1 Å². The molecule has 0 bridgehead atoms. The lowest BCUT2D eigenvalue weighted by Gasteiger charge is -2.15. The average molecular weight is 459 g/mol. The maximum Gasteiger partial charge on any atom is 0.344 e. The molecule has 1 aliphatic heterocycles. The van der Waals surface area contributed by atoms with Crippen LogP contribution in [0.5, 0.6) is 11.5 Å². The zero-order valence-corrected chi connectivity index (χ0v) is 18.6. The number of amides is 2. The number of ether oxygens (including phenoxy) is 3. The van der Waals surface area contributed by atoms with Crippen LogP contribution in [0.15, 0.2) is 48.0 Å². The molecule has 0 aliphatic carbocycles. The SMILES string of the molecule is CCOc1cc(/C=C2/C(=O)NN(c3ccccc3)C2=O)cc(Cl)c1OCC(=O)OC(C)C. The zero-order valence-electron chi connectivity index (χ0n) is 17.9. The summed E-state index contributed by atoms with van der Waals surface area (Å²) in [5.74, 6) is -1.13. The van der Waals surface area contributed by atoms with E-state index in [4.69, 9.17) is 25.8 Å². The van der Waals surface area contributed by atoms with Gasteiger partial charge in [-0.05, 0) is 56.7 Å². The van der Waals surface area contributed by atoms with Crippen LogP contribution in [0.2, 0.25) is 5.02 Å². The molecule has 0 saturated carbocycles. The molecule has 2 amide bonds. The van der Waals surface area contributed by atoms with Gasteiger partial charge in [-0.3, -0.25) is 15.0 Å². The van der Waals surface area contributed by atoms with Crippen molar-refractivity contribution < 1.29 is 28.6 Å². The van der Waals surface area contributed by atoms with E-state index in [-0.39, 0.29) is 34.8 Å². The average Bonchev–Trinajstić information content (AvgIpc) is 3.02. The number of esters is 1. The number of nitrogens with zero attached hydrogens (tertiary/aromatic N) is 1. The van der Waals surface area contributed by atoms with Gasteiger partial charge in [0.15, 0.2) is 18.1 Å². The minimum Gasteiger partial charge on any atom is -0.490 e. The Bertz CT molecular complexity index is 1050. The molecule has 3 rings (SSSR count). The second kappa shape index (κ2) is 10.2. The molecule has 0 radical (unpaired) electrons. The summed E-state index contributed by atoms with van der Waals surface area (Å²) in [5, 5.41) is 1.34. The summed E-state index contributed by atoms with van der Waals surface area (Å²) in [7, 11) is 0. The highest BCUT2D eigenvalue weighted by molar-refractivity contribution is 6.33. The Morgan fingerprint density at radius 3 is 2.53 bits per heavy atom. The van der Waals surface area contributed by atoms with Gasteiger partial charge in [-0.15, -0.1) is 0 Å². The molecule has 0 spiro atoms. The minimum atomic E-state index is -0.543. The van der Waals surface area contributed by atoms with Gasteiger partial charge in [0.25, 0.3) is 11.8 Å². The molecule has 9 heteroatoms. The van der Waals surface area contributed by atoms with Gasteiger partial charge < -0.3 is 14.2 Å². The van der Waals surface area contributed by atoms with E-state index < -0.39 is 17.8 Å². The molecule has 1 heterocycles. The van der Waals surface area contributed by atoms with E-state index in [1.165, 1.54) is 17.2 Å². The number of hydrazine groups is 1. The Morgan fingerprint density at radius 2 is 1.88 bits per heavy atom. The fraction of sp³-hybridized carbons (Fsp3) is 0.261. The van der Waals surface area contributed by atoms with Crippen LogP contribution >= 0.6 is 11.6 Å². The van der Waals surface area contributed by atoms with Crippen molar-refractivity contribution in [1.29, 1.82) is 0 Å². The first-order valence-corrected chi connectivity index (χ1v) is 10.4. The van der Waals surface area contributed by atoms with Gasteiger partial charge in [-0.1, -0.05) is 29.8 Å². The molecular formula is C23H23ClN2O6. The maximum atomic E-state index is 12.8. The predicted molar refractivity (Wildman–Crippen MR) is 119 cm³/mol. The number of hydrogen-bond acceptors (Lipinski definition) is 6. The van der Waals surface area contributed by atoms with E-state index in [0.717, 1.165) is 0 Å². The highest BCUT2D eigenvalue weighted by Gasteiger charge is 2.34. The highest BCUT2D eigenvalue weighted by Crippen LogP contribution is 2.37.